The summed E-state index contributed by atoms with van der Waals surface area (Å²) in [6.07, 6.45) is -1.36. The third kappa shape index (κ3) is 2.21. The summed E-state index contributed by atoms with van der Waals surface area (Å²) in [4.78, 5) is 7.61. The number of nitrogens with zero attached hydrogens (tertiary/aromatic N) is 3. The Bertz CT molecular complexity index is 334. The van der Waals surface area contributed by atoms with E-state index in [-0.39, 0.29) is 5.82 Å². The number of aliphatic hydroxyl groups excluding tert-OH is 2. The smallest absolute Gasteiger partial charge is 0.173 e. The summed E-state index contributed by atoms with van der Waals surface area (Å²) in [5.41, 5.74) is 0.675. The van der Waals surface area contributed by atoms with Crippen LogP contribution in [-0.4, -0.2) is 26.3 Å². The summed E-state index contributed by atoms with van der Waals surface area (Å²) in [6.45, 7) is 1.73. The van der Waals surface area contributed by atoms with Gasteiger partial charge in [-0.15, -0.1) is 0 Å². The highest BCUT2D eigenvalue weighted by Gasteiger charge is 2.20. The van der Waals surface area contributed by atoms with Gasteiger partial charge in [-0.1, -0.05) is 0 Å². The average Bonchev–Trinajstić information content (AvgIpc) is 2.15. The Morgan fingerprint density at radius 3 is 2.77 bits per heavy atom. The Balaban J connectivity index is 2.90. The molecule has 0 aliphatic heterocycles. The third-order valence-electron chi connectivity index (χ3n) is 1.51. The minimum atomic E-state index is -1.48. The van der Waals surface area contributed by atoms with Gasteiger partial charge in [0.2, 0.25) is 0 Å². The molecule has 13 heavy (non-hydrogen) atoms. The highest BCUT2D eigenvalue weighted by molar-refractivity contribution is 5.05. The molecule has 1 aromatic heterocycles. The van der Waals surface area contributed by atoms with Gasteiger partial charge in [0.25, 0.3) is 0 Å². The lowest BCUT2D eigenvalue weighted by Crippen LogP contribution is -2.18. The number of hydrogen-bond acceptors (Lipinski definition) is 5. The van der Waals surface area contributed by atoms with Gasteiger partial charge < -0.3 is 10.2 Å². The highest BCUT2D eigenvalue weighted by atomic mass is 16.3. The van der Waals surface area contributed by atoms with Crippen molar-refractivity contribution in [2.45, 2.75) is 19.1 Å². The third-order valence-corrected chi connectivity index (χ3v) is 1.51. The van der Waals surface area contributed by atoms with Crippen molar-refractivity contribution in [2.75, 3.05) is 0 Å². The summed E-state index contributed by atoms with van der Waals surface area (Å²) in [7, 11) is 0. The van der Waals surface area contributed by atoms with Gasteiger partial charge in [0.1, 0.15) is 0 Å². The van der Waals surface area contributed by atoms with E-state index in [4.69, 9.17) is 10.4 Å². The molecule has 0 radical (unpaired) electrons. The van der Waals surface area contributed by atoms with Crippen LogP contribution >= 0.6 is 0 Å². The lowest BCUT2D eigenvalue weighted by atomic mass is 10.2. The maximum absolute atomic E-state index is 9.32. The van der Waals surface area contributed by atoms with Crippen molar-refractivity contribution in [2.24, 2.45) is 0 Å². The van der Waals surface area contributed by atoms with Crippen LogP contribution in [0.5, 0.6) is 0 Å². The van der Waals surface area contributed by atoms with E-state index in [1.54, 1.807) is 13.0 Å². The molecule has 0 aliphatic carbocycles. The highest BCUT2D eigenvalue weighted by Crippen LogP contribution is 2.11. The van der Waals surface area contributed by atoms with E-state index < -0.39 is 12.2 Å². The molecule has 1 rings (SSSR count). The molecule has 5 nitrogen and oxygen atoms in total. The van der Waals surface area contributed by atoms with Gasteiger partial charge in [0, 0.05) is 11.9 Å². The van der Waals surface area contributed by atoms with Crippen molar-refractivity contribution in [1.82, 2.24) is 9.97 Å². The molecule has 2 unspecified atom stereocenters. The van der Waals surface area contributed by atoms with E-state index in [0.717, 1.165) is 0 Å². The van der Waals surface area contributed by atoms with Crippen LogP contribution in [0.4, 0.5) is 0 Å². The molecular formula is C8H9N3O2. The van der Waals surface area contributed by atoms with Crippen LogP contribution in [0, 0.1) is 18.3 Å². The van der Waals surface area contributed by atoms with Crippen LogP contribution in [0.1, 0.15) is 17.6 Å². The number of hydrogen-bond donors (Lipinski definition) is 2. The van der Waals surface area contributed by atoms with Crippen molar-refractivity contribution in [3.05, 3.63) is 23.8 Å². The molecular weight excluding hydrogens is 170 g/mol. The molecule has 0 saturated heterocycles. The van der Waals surface area contributed by atoms with Crippen LogP contribution < -0.4 is 0 Å². The first kappa shape index (κ1) is 9.58. The predicted octanol–water partition coefficient (Wildman–Crippen LogP) is -0.297. The van der Waals surface area contributed by atoms with E-state index in [1.807, 2.05) is 0 Å². The first-order valence-electron chi connectivity index (χ1n) is 3.70. The second kappa shape index (κ2) is 3.94. The van der Waals surface area contributed by atoms with Crippen LogP contribution in [0.25, 0.3) is 0 Å². The monoisotopic (exact) mass is 179 g/mol. The lowest BCUT2D eigenvalue weighted by Gasteiger charge is -2.09. The van der Waals surface area contributed by atoms with Crippen LogP contribution in [0.2, 0.25) is 0 Å². The molecule has 0 saturated carbocycles. The second-order valence-electron chi connectivity index (χ2n) is 2.57. The van der Waals surface area contributed by atoms with Gasteiger partial charge >= 0.3 is 0 Å². The Kier molecular flexibility index (Phi) is 2.90. The number of aliphatic hydroxyl groups is 2. The normalized spacial score (nSPS) is 14.6. The van der Waals surface area contributed by atoms with Crippen molar-refractivity contribution < 1.29 is 10.2 Å². The first-order chi connectivity index (χ1) is 6.15. The minimum absolute atomic E-state index is 0.0639. The van der Waals surface area contributed by atoms with E-state index in [9.17, 15) is 5.11 Å². The molecule has 0 aromatic carbocycles. The quantitative estimate of drug-likeness (QED) is 0.608. The number of nitriles is 1. The molecule has 2 N–H and O–H groups in total. The molecule has 0 amide bonds. The number of rotatable bonds is 2. The molecule has 1 aromatic rings. The van der Waals surface area contributed by atoms with Gasteiger partial charge in [0.05, 0.1) is 6.07 Å². The topological polar surface area (TPSA) is 90.0 Å². The lowest BCUT2D eigenvalue weighted by molar-refractivity contribution is 0.0465. The number of aryl methyl sites for hydroxylation is 1. The van der Waals surface area contributed by atoms with Crippen LogP contribution in [-0.2, 0) is 0 Å². The van der Waals surface area contributed by atoms with Crippen molar-refractivity contribution >= 4 is 0 Å². The maximum Gasteiger partial charge on any atom is 0.173 e. The van der Waals surface area contributed by atoms with Gasteiger partial charge in [-0.05, 0) is 13.0 Å². The molecule has 0 bridgehead atoms. The summed E-state index contributed by atoms with van der Waals surface area (Å²) < 4.78 is 0. The van der Waals surface area contributed by atoms with Crippen LogP contribution in [0.15, 0.2) is 12.3 Å². The fourth-order valence-electron chi connectivity index (χ4n) is 0.823. The summed E-state index contributed by atoms with van der Waals surface area (Å²) in [6, 6.07) is 3.17. The van der Waals surface area contributed by atoms with Gasteiger partial charge in [-0.25, -0.2) is 9.97 Å². The standard InChI is InChI=1S/C8H9N3O2/c1-5-2-3-10-8(11-5)7(13)6(12)4-9/h2-3,6-7,12-13H,1H3. The zero-order chi connectivity index (χ0) is 9.84. The molecule has 0 spiro atoms. The molecule has 68 valence electrons. The Morgan fingerprint density at radius 2 is 2.23 bits per heavy atom. The van der Waals surface area contributed by atoms with Crippen molar-refractivity contribution in [1.29, 1.82) is 5.26 Å². The fraction of sp³-hybridized carbons (Fsp3) is 0.375. The van der Waals surface area contributed by atoms with Crippen molar-refractivity contribution in [3.8, 4) is 6.07 Å². The average molecular weight is 179 g/mol. The van der Waals surface area contributed by atoms with E-state index in [2.05, 4.69) is 9.97 Å². The maximum atomic E-state index is 9.32. The van der Waals surface area contributed by atoms with Gasteiger partial charge in [-0.2, -0.15) is 5.26 Å². The molecule has 0 aliphatic rings. The SMILES string of the molecule is Cc1ccnc(C(O)C(O)C#N)n1. The zero-order valence-electron chi connectivity index (χ0n) is 7.05. The van der Waals surface area contributed by atoms with E-state index in [0.29, 0.717) is 5.69 Å². The van der Waals surface area contributed by atoms with Crippen molar-refractivity contribution in [3.63, 3.8) is 0 Å². The number of aromatic nitrogens is 2. The summed E-state index contributed by atoms with van der Waals surface area (Å²) in [5, 5.41) is 26.6. The van der Waals surface area contributed by atoms with Crippen LogP contribution in [0.3, 0.4) is 0 Å². The van der Waals surface area contributed by atoms with E-state index >= 15 is 0 Å². The first-order valence-corrected chi connectivity index (χ1v) is 3.70. The molecule has 2 atom stereocenters. The largest absolute Gasteiger partial charge is 0.381 e. The minimum Gasteiger partial charge on any atom is -0.381 e. The fourth-order valence-corrected chi connectivity index (χ4v) is 0.823. The molecule has 5 heteroatoms. The summed E-state index contributed by atoms with van der Waals surface area (Å²) in [5.74, 6) is 0.0639. The summed E-state index contributed by atoms with van der Waals surface area (Å²) >= 11 is 0. The van der Waals surface area contributed by atoms with E-state index in [1.165, 1.54) is 12.3 Å². The zero-order valence-corrected chi connectivity index (χ0v) is 7.05. The Hall–Kier alpha value is -1.51. The van der Waals surface area contributed by atoms with Gasteiger partial charge in [0.15, 0.2) is 18.0 Å². The predicted molar refractivity (Wildman–Crippen MR) is 43.3 cm³/mol. The molecule has 1 heterocycles. The second-order valence-corrected chi connectivity index (χ2v) is 2.57. The Labute approximate surface area is 75.3 Å². The van der Waals surface area contributed by atoms with Gasteiger partial charge in [-0.3, -0.25) is 0 Å². The molecule has 0 fully saturated rings. The Morgan fingerprint density at radius 1 is 1.54 bits per heavy atom.